The number of carbonyl (C=O) groups excluding carboxylic acids is 2. The molecule has 0 radical (unpaired) electrons. The fraction of sp³-hybridized carbons (Fsp3) is 0.655. The Bertz CT molecular complexity index is 1030. The van der Waals surface area contributed by atoms with Crippen LogP contribution < -0.4 is 9.46 Å². The number of amides is 2. The van der Waals surface area contributed by atoms with Gasteiger partial charge in [0.1, 0.15) is 18.0 Å². The molecule has 2 heterocycles. The lowest BCUT2D eigenvalue weighted by Gasteiger charge is -2.38. The van der Waals surface area contributed by atoms with Gasteiger partial charge in [0, 0.05) is 48.6 Å². The van der Waals surface area contributed by atoms with Crippen molar-refractivity contribution in [2.24, 2.45) is 11.8 Å². The average Bonchev–Trinajstić information content (AvgIpc) is 3.34. The number of ether oxygens (including phenoxy) is 2. The monoisotopic (exact) mass is 599 g/mol. The smallest absolute Gasteiger partial charge is 0.410 e. The first-order valence-corrected chi connectivity index (χ1v) is 15.2. The number of nitrogens with one attached hydrogen (secondary N) is 1. The molecular formula is C29H43Cl2N3O4S. The van der Waals surface area contributed by atoms with E-state index in [1.54, 1.807) is 29.0 Å². The Balaban J connectivity index is 1.70. The van der Waals surface area contributed by atoms with E-state index in [2.05, 4.69) is 32.1 Å². The Labute approximate surface area is 248 Å². The summed E-state index contributed by atoms with van der Waals surface area (Å²) in [6.07, 6.45) is 3.68. The van der Waals surface area contributed by atoms with E-state index in [-0.39, 0.29) is 34.6 Å². The van der Waals surface area contributed by atoms with Crippen molar-refractivity contribution < 1.29 is 19.1 Å². The van der Waals surface area contributed by atoms with Gasteiger partial charge in [0.25, 0.3) is 0 Å². The fourth-order valence-electron chi connectivity index (χ4n) is 4.88. The normalized spacial score (nSPS) is 19.6. The van der Waals surface area contributed by atoms with Gasteiger partial charge in [0.15, 0.2) is 0 Å². The molecule has 0 spiro atoms. The maximum atomic E-state index is 13.4. The molecule has 2 unspecified atom stereocenters. The van der Waals surface area contributed by atoms with Gasteiger partial charge in [0.05, 0.1) is 16.0 Å². The van der Waals surface area contributed by atoms with E-state index in [1.807, 2.05) is 31.7 Å². The molecule has 3 rings (SSSR count). The molecular weight excluding hydrogens is 557 g/mol. The van der Waals surface area contributed by atoms with Crippen molar-refractivity contribution in [2.45, 2.75) is 77.2 Å². The van der Waals surface area contributed by atoms with Gasteiger partial charge in [-0.15, -0.1) is 0 Å². The minimum Gasteiger partial charge on any atom is -0.489 e. The number of likely N-dealkylation sites (tertiary alicyclic amines) is 2. The lowest BCUT2D eigenvalue weighted by Crippen LogP contribution is -2.45. The van der Waals surface area contributed by atoms with Crippen LogP contribution in [0.3, 0.4) is 0 Å². The maximum absolute atomic E-state index is 13.4. The van der Waals surface area contributed by atoms with E-state index in [9.17, 15) is 9.59 Å². The highest BCUT2D eigenvalue weighted by atomic mass is 35.5. The van der Waals surface area contributed by atoms with Crippen molar-refractivity contribution in [3.8, 4) is 5.75 Å². The van der Waals surface area contributed by atoms with E-state index < -0.39 is 5.60 Å². The molecule has 1 N–H and O–H groups in total. The van der Waals surface area contributed by atoms with Crippen molar-refractivity contribution in [1.29, 1.82) is 0 Å². The number of halogens is 2. The predicted octanol–water partition coefficient (Wildman–Crippen LogP) is 7.13. The van der Waals surface area contributed by atoms with Gasteiger partial charge in [0.2, 0.25) is 5.91 Å². The minimum atomic E-state index is -0.554. The summed E-state index contributed by atoms with van der Waals surface area (Å²) in [5.74, 6) is 0.878. The second-order valence-corrected chi connectivity index (χ2v) is 14.8. The molecule has 1 aromatic carbocycles. The lowest BCUT2D eigenvalue weighted by atomic mass is 9.85. The largest absolute Gasteiger partial charge is 0.489 e. The zero-order valence-corrected chi connectivity index (χ0v) is 26.3. The van der Waals surface area contributed by atoms with E-state index >= 15 is 0 Å². The van der Waals surface area contributed by atoms with Gasteiger partial charge in [-0.1, -0.05) is 47.8 Å². The van der Waals surface area contributed by atoms with Crippen LogP contribution in [-0.2, 0) is 9.53 Å². The van der Waals surface area contributed by atoms with Gasteiger partial charge < -0.3 is 19.3 Å². The Morgan fingerprint density at radius 2 is 1.69 bits per heavy atom. The van der Waals surface area contributed by atoms with Gasteiger partial charge in [-0.3, -0.25) is 9.52 Å². The first kappa shape index (κ1) is 31.9. The number of hydrogen-bond donors (Lipinski definition) is 1. The third kappa shape index (κ3) is 9.20. The molecule has 2 aliphatic heterocycles. The molecule has 0 bridgehead atoms. The highest BCUT2D eigenvalue weighted by Crippen LogP contribution is 2.42. The third-order valence-electron chi connectivity index (χ3n) is 6.75. The summed E-state index contributed by atoms with van der Waals surface area (Å²) in [5, 5.41) is 0.924. The zero-order valence-electron chi connectivity index (χ0n) is 24.0. The first-order valence-electron chi connectivity index (χ1n) is 13.6. The van der Waals surface area contributed by atoms with Crippen molar-refractivity contribution in [1.82, 2.24) is 14.5 Å². The fourth-order valence-corrected chi connectivity index (χ4v) is 6.01. The van der Waals surface area contributed by atoms with Crippen molar-refractivity contribution in [3.63, 3.8) is 0 Å². The average molecular weight is 601 g/mol. The first-order chi connectivity index (χ1) is 18.2. The lowest BCUT2D eigenvalue weighted by molar-refractivity contribution is -0.136. The molecule has 39 heavy (non-hydrogen) atoms. The highest BCUT2D eigenvalue weighted by Gasteiger charge is 2.38. The summed E-state index contributed by atoms with van der Waals surface area (Å²) in [5.41, 5.74) is 0.401. The van der Waals surface area contributed by atoms with Crippen LogP contribution in [0.15, 0.2) is 24.8 Å². The molecule has 0 aliphatic carbocycles. The van der Waals surface area contributed by atoms with Crippen molar-refractivity contribution >= 4 is 47.2 Å². The van der Waals surface area contributed by atoms with Gasteiger partial charge in [-0.2, -0.15) is 0 Å². The summed E-state index contributed by atoms with van der Waals surface area (Å²) in [6, 6.07) is 3.62. The molecule has 7 nitrogen and oxygen atoms in total. The van der Waals surface area contributed by atoms with Gasteiger partial charge in [-0.05, 0) is 72.8 Å². The Morgan fingerprint density at radius 1 is 1.08 bits per heavy atom. The summed E-state index contributed by atoms with van der Waals surface area (Å²) in [7, 11) is 0. The molecule has 10 heteroatoms. The van der Waals surface area contributed by atoms with Crippen LogP contribution in [0.2, 0.25) is 10.0 Å². The molecule has 2 aliphatic rings. The number of hydrogen-bond acceptors (Lipinski definition) is 6. The molecule has 0 saturated carbocycles. The van der Waals surface area contributed by atoms with Crippen LogP contribution in [0.1, 0.15) is 72.4 Å². The van der Waals surface area contributed by atoms with E-state index in [0.29, 0.717) is 55.0 Å². The molecule has 218 valence electrons. The quantitative estimate of drug-likeness (QED) is 0.253. The zero-order chi connectivity index (χ0) is 29.0. The summed E-state index contributed by atoms with van der Waals surface area (Å²) >= 11 is 14.5. The number of benzene rings is 1. The standard InChI is InChI=1S/C29H43Cl2N3O4S/c1-8-15-37-24-17-23(31)22(30)16-21(24)25(32-39-29(5,6)7)19-9-12-33(13-10-19)26(35)20-11-14-34(18-20)27(36)38-28(2,3)4/h8,16-17,19-20,25,32H,1,9-15,18H2,2-7H3. The van der Waals surface area contributed by atoms with Crippen molar-refractivity contribution in [2.75, 3.05) is 32.8 Å². The summed E-state index contributed by atoms with van der Waals surface area (Å²) < 4.78 is 15.2. The number of nitrogens with zero attached hydrogens (tertiary/aromatic N) is 2. The van der Waals surface area contributed by atoms with Gasteiger partial charge >= 0.3 is 6.09 Å². The number of piperidine rings is 1. The van der Waals surface area contributed by atoms with E-state index in [0.717, 1.165) is 18.4 Å². The Morgan fingerprint density at radius 3 is 2.28 bits per heavy atom. The van der Waals surface area contributed by atoms with Crippen LogP contribution >= 0.6 is 35.1 Å². The molecule has 2 atom stereocenters. The maximum Gasteiger partial charge on any atom is 0.410 e. The minimum absolute atomic E-state index is 0.00421. The predicted molar refractivity (Wildman–Crippen MR) is 161 cm³/mol. The molecule has 2 saturated heterocycles. The topological polar surface area (TPSA) is 71.1 Å². The molecule has 1 aromatic rings. The van der Waals surface area contributed by atoms with Crippen LogP contribution in [0, 0.1) is 11.8 Å². The second kappa shape index (κ2) is 13.4. The third-order valence-corrected chi connectivity index (χ3v) is 8.45. The molecule has 2 fully saturated rings. The van der Waals surface area contributed by atoms with Crippen LogP contribution in [0.25, 0.3) is 0 Å². The highest BCUT2D eigenvalue weighted by molar-refractivity contribution is 7.98. The summed E-state index contributed by atoms with van der Waals surface area (Å²) in [4.78, 5) is 29.5. The molecule has 2 amide bonds. The number of rotatable bonds is 8. The van der Waals surface area contributed by atoms with Crippen molar-refractivity contribution in [3.05, 3.63) is 40.4 Å². The Kier molecular flexibility index (Phi) is 10.9. The van der Waals surface area contributed by atoms with Crippen LogP contribution in [-0.4, -0.2) is 64.9 Å². The molecule has 0 aromatic heterocycles. The van der Waals surface area contributed by atoms with Gasteiger partial charge in [-0.25, -0.2) is 4.79 Å². The SMILES string of the molecule is C=CCOc1cc(Cl)c(Cl)cc1C(NSC(C)(C)C)C1CCN(C(=O)C2CCN(C(=O)OC(C)(C)C)C2)CC1. The van der Waals surface area contributed by atoms with E-state index in [1.165, 1.54) is 0 Å². The van der Waals surface area contributed by atoms with E-state index in [4.69, 9.17) is 32.7 Å². The Hall–Kier alpha value is -1.61. The number of carbonyl (C=O) groups is 2. The second-order valence-electron chi connectivity index (χ2n) is 12.3. The summed E-state index contributed by atoms with van der Waals surface area (Å²) in [6.45, 7) is 18.4. The van der Waals surface area contributed by atoms with Crippen LogP contribution in [0.4, 0.5) is 4.79 Å². The van der Waals surface area contributed by atoms with Crippen LogP contribution in [0.5, 0.6) is 5.75 Å².